The van der Waals surface area contributed by atoms with Crippen molar-refractivity contribution in [3.05, 3.63) is 34.8 Å². The van der Waals surface area contributed by atoms with E-state index in [1.807, 2.05) is 18.2 Å². The lowest BCUT2D eigenvalue weighted by Gasteiger charge is -2.39. The first kappa shape index (κ1) is 19.7. The highest BCUT2D eigenvalue weighted by Gasteiger charge is 2.32. The maximum atomic E-state index is 12.3. The van der Waals surface area contributed by atoms with Gasteiger partial charge in [-0.05, 0) is 55.6 Å². The summed E-state index contributed by atoms with van der Waals surface area (Å²) >= 11 is 0. The molecule has 1 aromatic heterocycles. The molecule has 1 aliphatic rings. The maximum absolute atomic E-state index is 12.3. The molecule has 3 rings (SSSR count). The van der Waals surface area contributed by atoms with Crippen LogP contribution in [0.15, 0.2) is 33.5 Å². The molecule has 1 fully saturated rings. The summed E-state index contributed by atoms with van der Waals surface area (Å²) in [6.45, 7) is 7.49. The van der Waals surface area contributed by atoms with Crippen LogP contribution < -0.4 is 11.1 Å². The number of hydrogen-bond acceptors (Lipinski definition) is 3. The molecular formula is C22H32N2O3. The lowest BCUT2D eigenvalue weighted by molar-refractivity contribution is -0.122. The quantitative estimate of drug-likeness (QED) is 0.779. The van der Waals surface area contributed by atoms with Crippen molar-refractivity contribution in [2.45, 2.75) is 78.3 Å². The number of benzene rings is 1. The van der Waals surface area contributed by atoms with Crippen LogP contribution in [-0.4, -0.2) is 16.5 Å². The second-order valence-corrected chi connectivity index (χ2v) is 8.55. The molecule has 1 aromatic carbocycles. The minimum atomic E-state index is -0.353. The predicted molar refractivity (Wildman–Crippen MR) is 108 cm³/mol. The van der Waals surface area contributed by atoms with Gasteiger partial charge >= 0.3 is 5.76 Å². The first-order chi connectivity index (χ1) is 12.9. The molecule has 0 atom stereocenters. The van der Waals surface area contributed by atoms with Gasteiger partial charge in [-0.25, -0.2) is 4.79 Å². The number of para-hydroxylation sites is 2. The van der Waals surface area contributed by atoms with E-state index < -0.39 is 0 Å². The lowest BCUT2D eigenvalue weighted by atomic mass is 9.69. The van der Waals surface area contributed by atoms with Gasteiger partial charge in [0, 0.05) is 19.0 Å². The molecule has 0 unspecified atom stereocenters. The summed E-state index contributed by atoms with van der Waals surface area (Å²) in [6.07, 6.45) is 6.82. The number of nitrogens with one attached hydrogen (secondary N) is 1. The van der Waals surface area contributed by atoms with Crippen LogP contribution in [0.5, 0.6) is 0 Å². The number of aryl methyl sites for hydroxylation is 1. The lowest BCUT2D eigenvalue weighted by Crippen LogP contribution is -2.39. The van der Waals surface area contributed by atoms with E-state index in [0.717, 1.165) is 24.3 Å². The number of amides is 1. The van der Waals surface area contributed by atoms with Gasteiger partial charge in [-0.1, -0.05) is 39.3 Å². The summed E-state index contributed by atoms with van der Waals surface area (Å²) in [5.74, 6) is 0.499. The summed E-state index contributed by atoms with van der Waals surface area (Å²) < 4.78 is 6.84. The average molecular weight is 373 g/mol. The highest BCUT2D eigenvalue weighted by Crippen LogP contribution is 2.40. The zero-order valence-electron chi connectivity index (χ0n) is 16.8. The SMILES string of the molecule is CCC(C)(C)C1CCC(NC(=O)CCCn2c(=O)oc3ccccc32)CC1. The number of fused-ring (bicyclic) bond motifs is 1. The summed E-state index contributed by atoms with van der Waals surface area (Å²) in [6, 6.07) is 7.70. The largest absolute Gasteiger partial charge is 0.419 e. The summed E-state index contributed by atoms with van der Waals surface area (Å²) in [4.78, 5) is 24.3. The van der Waals surface area contributed by atoms with Crippen LogP contribution in [0.1, 0.15) is 65.7 Å². The Morgan fingerprint density at radius 2 is 1.93 bits per heavy atom. The third kappa shape index (κ3) is 4.63. The fourth-order valence-electron chi connectivity index (χ4n) is 4.23. The molecule has 0 radical (unpaired) electrons. The number of aromatic nitrogens is 1. The predicted octanol–water partition coefficient (Wildman–Crippen LogP) is 4.49. The van der Waals surface area contributed by atoms with E-state index in [-0.39, 0.29) is 11.7 Å². The fraction of sp³-hybridized carbons (Fsp3) is 0.636. The van der Waals surface area contributed by atoms with Crippen molar-refractivity contribution in [2.75, 3.05) is 0 Å². The standard InChI is InChI=1S/C22H32N2O3/c1-4-22(2,3)16-11-13-17(14-12-16)23-20(25)10-7-15-24-18-8-5-6-9-19(18)27-21(24)26/h5-6,8-9,16-17H,4,7,10-15H2,1-3H3,(H,23,25). The molecule has 1 heterocycles. The smallest absolute Gasteiger partial charge is 0.408 e. The molecule has 1 amide bonds. The van der Waals surface area contributed by atoms with Gasteiger partial charge in [0.15, 0.2) is 5.58 Å². The Labute approximate surface area is 161 Å². The van der Waals surface area contributed by atoms with Gasteiger partial charge in [-0.15, -0.1) is 0 Å². The van der Waals surface area contributed by atoms with Crippen LogP contribution in [-0.2, 0) is 11.3 Å². The zero-order valence-corrected chi connectivity index (χ0v) is 16.8. The maximum Gasteiger partial charge on any atom is 0.419 e. The molecule has 1 saturated carbocycles. The van der Waals surface area contributed by atoms with Gasteiger partial charge in [0.25, 0.3) is 0 Å². The normalized spacial score (nSPS) is 20.7. The van der Waals surface area contributed by atoms with Crippen molar-refractivity contribution >= 4 is 17.0 Å². The molecule has 27 heavy (non-hydrogen) atoms. The van der Waals surface area contributed by atoms with Crippen molar-refractivity contribution in [1.29, 1.82) is 0 Å². The molecule has 0 saturated heterocycles. The number of oxazole rings is 1. The molecule has 5 heteroatoms. The van der Waals surface area contributed by atoms with E-state index in [0.29, 0.717) is 36.4 Å². The molecular weight excluding hydrogens is 340 g/mol. The Hall–Kier alpha value is -2.04. The monoisotopic (exact) mass is 372 g/mol. The minimum absolute atomic E-state index is 0.0917. The van der Waals surface area contributed by atoms with Crippen LogP contribution >= 0.6 is 0 Å². The Bertz CT molecular complexity index is 825. The van der Waals surface area contributed by atoms with Gasteiger partial charge < -0.3 is 9.73 Å². The molecule has 0 aliphatic heterocycles. The minimum Gasteiger partial charge on any atom is -0.408 e. The van der Waals surface area contributed by atoms with Gasteiger partial charge in [-0.3, -0.25) is 9.36 Å². The molecule has 0 spiro atoms. The van der Waals surface area contributed by atoms with E-state index in [1.165, 1.54) is 19.3 Å². The van der Waals surface area contributed by atoms with Crippen molar-refractivity contribution in [1.82, 2.24) is 9.88 Å². The second kappa shape index (κ2) is 8.32. The molecule has 148 valence electrons. The van der Waals surface area contributed by atoms with Gasteiger partial charge in [0.1, 0.15) is 0 Å². The van der Waals surface area contributed by atoms with E-state index in [1.54, 1.807) is 10.6 Å². The van der Waals surface area contributed by atoms with Gasteiger partial charge in [-0.2, -0.15) is 0 Å². The highest BCUT2D eigenvalue weighted by molar-refractivity contribution is 5.76. The third-order valence-corrected chi connectivity index (χ3v) is 6.47. The third-order valence-electron chi connectivity index (χ3n) is 6.47. The second-order valence-electron chi connectivity index (χ2n) is 8.55. The number of carbonyl (C=O) groups excluding carboxylic acids is 1. The van der Waals surface area contributed by atoms with Crippen molar-refractivity contribution in [3.63, 3.8) is 0 Å². The van der Waals surface area contributed by atoms with Crippen molar-refractivity contribution in [3.8, 4) is 0 Å². The highest BCUT2D eigenvalue weighted by atomic mass is 16.4. The van der Waals surface area contributed by atoms with E-state index in [4.69, 9.17) is 4.42 Å². The molecule has 1 N–H and O–H groups in total. The molecule has 2 aromatic rings. The molecule has 0 bridgehead atoms. The van der Waals surface area contributed by atoms with Gasteiger partial charge in [0.2, 0.25) is 5.91 Å². The summed E-state index contributed by atoms with van der Waals surface area (Å²) in [5, 5.41) is 3.19. The first-order valence-corrected chi connectivity index (χ1v) is 10.3. The van der Waals surface area contributed by atoms with Crippen molar-refractivity contribution in [2.24, 2.45) is 11.3 Å². The van der Waals surface area contributed by atoms with E-state index in [2.05, 4.69) is 26.1 Å². The first-order valence-electron chi connectivity index (χ1n) is 10.3. The van der Waals surface area contributed by atoms with Crippen LogP contribution in [0.2, 0.25) is 0 Å². The summed E-state index contributed by atoms with van der Waals surface area (Å²) in [7, 11) is 0. The topological polar surface area (TPSA) is 64.2 Å². The number of nitrogens with zero attached hydrogens (tertiary/aromatic N) is 1. The number of hydrogen-bond donors (Lipinski definition) is 1. The van der Waals surface area contributed by atoms with Crippen molar-refractivity contribution < 1.29 is 9.21 Å². The van der Waals surface area contributed by atoms with Crippen LogP contribution in [0, 0.1) is 11.3 Å². The zero-order chi connectivity index (χ0) is 19.4. The number of carbonyl (C=O) groups is 1. The Balaban J connectivity index is 1.44. The molecule has 1 aliphatic carbocycles. The Morgan fingerprint density at radius 1 is 1.22 bits per heavy atom. The molecule has 5 nitrogen and oxygen atoms in total. The summed E-state index contributed by atoms with van der Waals surface area (Å²) in [5.41, 5.74) is 1.79. The van der Waals surface area contributed by atoms with Crippen LogP contribution in [0.25, 0.3) is 11.1 Å². The Morgan fingerprint density at radius 3 is 2.63 bits per heavy atom. The van der Waals surface area contributed by atoms with Gasteiger partial charge in [0.05, 0.1) is 5.52 Å². The van der Waals surface area contributed by atoms with E-state index >= 15 is 0 Å². The number of rotatable bonds is 7. The fourth-order valence-corrected chi connectivity index (χ4v) is 4.23. The van der Waals surface area contributed by atoms with E-state index in [9.17, 15) is 9.59 Å². The average Bonchev–Trinajstić information content (AvgIpc) is 2.98. The van der Waals surface area contributed by atoms with Crippen LogP contribution in [0.3, 0.4) is 0 Å². The van der Waals surface area contributed by atoms with Crippen LogP contribution in [0.4, 0.5) is 0 Å². The Kier molecular flexibility index (Phi) is 6.08.